The Kier molecular flexibility index (Phi) is 8.72. The van der Waals surface area contributed by atoms with Gasteiger partial charge in [0.25, 0.3) is 6.47 Å². The van der Waals surface area contributed by atoms with Gasteiger partial charge in [-0.25, -0.2) is 0 Å². The Morgan fingerprint density at radius 2 is 2.12 bits per heavy atom. The molecule has 4 heteroatoms. The lowest BCUT2D eigenvalue weighted by molar-refractivity contribution is -0.131. The van der Waals surface area contributed by atoms with Crippen molar-refractivity contribution < 1.29 is 14.3 Å². The number of carbonyl (C=O) groups excluding carboxylic acids is 1. The van der Waals surface area contributed by atoms with Crippen LogP contribution in [0.1, 0.15) is 33.6 Å². The highest BCUT2D eigenvalue weighted by Crippen LogP contribution is 2.20. The third-order valence-corrected chi connectivity index (χ3v) is 2.43. The van der Waals surface area contributed by atoms with E-state index in [4.69, 9.17) is 4.74 Å². The molecule has 1 saturated heterocycles. The van der Waals surface area contributed by atoms with E-state index in [9.17, 15) is 4.79 Å². The van der Waals surface area contributed by atoms with Crippen LogP contribution in [0.3, 0.4) is 0 Å². The van der Waals surface area contributed by atoms with Crippen LogP contribution in [0.15, 0.2) is 12.7 Å². The van der Waals surface area contributed by atoms with Crippen molar-refractivity contribution >= 4 is 6.47 Å². The number of ether oxygens (including phenoxy) is 2. The molecule has 0 aromatic heterocycles. The largest absolute Gasteiger partial charge is 0.465 e. The molecule has 1 aliphatic heterocycles. The van der Waals surface area contributed by atoms with Crippen LogP contribution in [0, 0.1) is 0 Å². The minimum Gasteiger partial charge on any atom is -0.465 e. The number of rotatable bonds is 5. The third kappa shape index (κ3) is 8.89. The summed E-state index contributed by atoms with van der Waals surface area (Å²) in [6, 6.07) is 0. The standard InChI is InChI=1S/C10H19NO3.C3H6/c1-10(2)7-9(3-4-11-10)14-6-5-13-8-12;1-3-2/h8-9,11H,3-7H2,1-2H3;3H,1H2,2H3. The topological polar surface area (TPSA) is 47.6 Å². The van der Waals surface area contributed by atoms with E-state index in [1.165, 1.54) is 0 Å². The average Bonchev–Trinajstić information content (AvgIpc) is 2.24. The van der Waals surface area contributed by atoms with Gasteiger partial charge in [-0.05, 0) is 40.2 Å². The summed E-state index contributed by atoms with van der Waals surface area (Å²) < 4.78 is 10.2. The summed E-state index contributed by atoms with van der Waals surface area (Å²) in [7, 11) is 0. The molecule has 1 atom stereocenters. The molecular formula is C13H25NO3. The van der Waals surface area contributed by atoms with E-state index in [2.05, 4.69) is 30.5 Å². The molecule has 0 spiro atoms. The zero-order valence-corrected chi connectivity index (χ0v) is 11.2. The molecule has 100 valence electrons. The molecule has 0 bridgehead atoms. The van der Waals surface area contributed by atoms with Crippen molar-refractivity contribution in [2.75, 3.05) is 19.8 Å². The van der Waals surface area contributed by atoms with Gasteiger partial charge in [0, 0.05) is 5.54 Å². The minimum absolute atomic E-state index is 0.161. The van der Waals surface area contributed by atoms with Gasteiger partial charge in [0.05, 0.1) is 12.7 Å². The Morgan fingerprint density at radius 1 is 1.47 bits per heavy atom. The molecule has 0 radical (unpaired) electrons. The van der Waals surface area contributed by atoms with Gasteiger partial charge in [-0.2, -0.15) is 0 Å². The lowest BCUT2D eigenvalue weighted by Gasteiger charge is -2.36. The van der Waals surface area contributed by atoms with Crippen LogP contribution in [0.2, 0.25) is 0 Å². The second-order valence-corrected chi connectivity index (χ2v) is 4.67. The van der Waals surface area contributed by atoms with Crippen molar-refractivity contribution in [3.63, 3.8) is 0 Å². The number of piperidine rings is 1. The first-order chi connectivity index (χ1) is 8.05. The summed E-state index contributed by atoms with van der Waals surface area (Å²) in [5.41, 5.74) is 0.161. The molecule has 1 unspecified atom stereocenters. The first-order valence-electron chi connectivity index (χ1n) is 6.04. The van der Waals surface area contributed by atoms with Crippen LogP contribution in [0.25, 0.3) is 0 Å². The van der Waals surface area contributed by atoms with Gasteiger partial charge < -0.3 is 14.8 Å². The molecule has 0 aromatic rings. The zero-order chi connectivity index (χ0) is 13.1. The highest BCUT2D eigenvalue weighted by atomic mass is 16.5. The summed E-state index contributed by atoms with van der Waals surface area (Å²) in [6.45, 7) is 11.9. The number of carbonyl (C=O) groups is 1. The molecule has 0 aromatic carbocycles. The lowest BCUT2D eigenvalue weighted by atomic mass is 9.91. The highest BCUT2D eigenvalue weighted by molar-refractivity contribution is 5.36. The molecule has 0 aliphatic carbocycles. The van der Waals surface area contributed by atoms with E-state index in [0.29, 0.717) is 25.8 Å². The number of allylic oxidation sites excluding steroid dienone is 1. The first kappa shape index (κ1) is 16.1. The van der Waals surface area contributed by atoms with Gasteiger partial charge in [0.1, 0.15) is 6.61 Å². The fourth-order valence-corrected chi connectivity index (χ4v) is 1.77. The summed E-state index contributed by atoms with van der Waals surface area (Å²) in [6.07, 6.45) is 4.08. The average molecular weight is 243 g/mol. The van der Waals surface area contributed by atoms with Gasteiger partial charge in [0.2, 0.25) is 0 Å². The maximum atomic E-state index is 9.87. The van der Waals surface area contributed by atoms with Crippen LogP contribution in [0.4, 0.5) is 0 Å². The summed E-state index contributed by atoms with van der Waals surface area (Å²) in [4.78, 5) is 9.87. The maximum absolute atomic E-state index is 9.87. The monoisotopic (exact) mass is 243 g/mol. The lowest BCUT2D eigenvalue weighted by Crippen LogP contribution is -2.48. The van der Waals surface area contributed by atoms with Gasteiger partial charge in [0.15, 0.2) is 0 Å². The highest BCUT2D eigenvalue weighted by Gasteiger charge is 2.27. The van der Waals surface area contributed by atoms with E-state index in [1.807, 2.05) is 6.92 Å². The van der Waals surface area contributed by atoms with Crippen LogP contribution in [0.5, 0.6) is 0 Å². The normalized spacial score (nSPS) is 21.9. The van der Waals surface area contributed by atoms with Crippen LogP contribution in [-0.4, -0.2) is 37.9 Å². The molecule has 1 aliphatic rings. The fraction of sp³-hybridized carbons (Fsp3) is 0.769. The van der Waals surface area contributed by atoms with Gasteiger partial charge >= 0.3 is 0 Å². The number of hydrogen-bond donors (Lipinski definition) is 1. The fourth-order valence-electron chi connectivity index (χ4n) is 1.77. The molecule has 1 N–H and O–H groups in total. The van der Waals surface area contributed by atoms with Crippen molar-refractivity contribution in [2.24, 2.45) is 0 Å². The van der Waals surface area contributed by atoms with Crippen molar-refractivity contribution in [1.29, 1.82) is 0 Å². The Morgan fingerprint density at radius 3 is 2.65 bits per heavy atom. The Bertz CT molecular complexity index is 217. The summed E-state index contributed by atoms with van der Waals surface area (Å²) in [5.74, 6) is 0. The van der Waals surface area contributed by atoms with E-state index < -0.39 is 0 Å². The second kappa shape index (κ2) is 9.19. The molecule has 1 heterocycles. The van der Waals surface area contributed by atoms with Crippen molar-refractivity contribution in [3.05, 3.63) is 12.7 Å². The molecule has 17 heavy (non-hydrogen) atoms. The van der Waals surface area contributed by atoms with Crippen LogP contribution in [-0.2, 0) is 14.3 Å². The smallest absolute Gasteiger partial charge is 0.293 e. The van der Waals surface area contributed by atoms with Gasteiger partial charge in [-0.1, -0.05) is 6.08 Å². The molecule has 0 saturated carbocycles. The molecule has 1 rings (SSSR count). The maximum Gasteiger partial charge on any atom is 0.293 e. The predicted octanol–water partition coefficient (Wildman–Crippen LogP) is 1.90. The molecule has 0 amide bonds. The van der Waals surface area contributed by atoms with Crippen molar-refractivity contribution in [3.8, 4) is 0 Å². The minimum atomic E-state index is 0.161. The third-order valence-electron chi connectivity index (χ3n) is 2.43. The first-order valence-corrected chi connectivity index (χ1v) is 6.04. The van der Waals surface area contributed by atoms with E-state index >= 15 is 0 Å². The zero-order valence-electron chi connectivity index (χ0n) is 11.2. The van der Waals surface area contributed by atoms with Crippen molar-refractivity contribution in [1.82, 2.24) is 5.32 Å². The van der Waals surface area contributed by atoms with Gasteiger partial charge in [-0.15, -0.1) is 6.58 Å². The van der Waals surface area contributed by atoms with Gasteiger partial charge in [-0.3, -0.25) is 4.79 Å². The van der Waals surface area contributed by atoms with Crippen LogP contribution < -0.4 is 5.32 Å². The van der Waals surface area contributed by atoms with E-state index in [-0.39, 0.29) is 5.54 Å². The number of nitrogens with one attached hydrogen (secondary N) is 1. The van der Waals surface area contributed by atoms with Crippen molar-refractivity contribution in [2.45, 2.75) is 45.3 Å². The summed E-state index contributed by atoms with van der Waals surface area (Å²) in [5, 5.41) is 3.42. The predicted molar refractivity (Wildman–Crippen MR) is 68.9 cm³/mol. The molecule has 1 fully saturated rings. The number of hydrogen-bond acceptors (Lipinski definition) is 4. The van der Waals surface area contributed by atoms with E-state index in [1.54, 1.807) is 6.08 Å². The summed E-state index contributed by atoms with van der Waals surface area (Å²) >= 11 is 0. The Hall–Kier alpha value is -0.870. The Labute approximate surface area is 104 Å². The van der Waals surface area contributed by atoms with Crippen LogP contribution >= 0.6 is 0 Å². The molecular weight excluding hydrogens is 218 g/mol. The second-order valence-electron chi connectivity index (χ2n) is 4.67. The van der Waals surface area contributed by atoms with E-state index in [0.717, 1.165) is 19.4 Å². The molecule has 4 nitrogen and oxygen atoms in total. The quantitative estimate of drug-likeness (QED) is 0.455. The Balaban J connectivity index is 0.000000770. The SMILES string of the molecule is C=CC.CC1(C)CC(OCCOC=O)CCN1.